The lowest BCUT2D eigenvalue weighted by atomic mass is 10.2. The van der Waals surface area contributed by atoms with Crippen molar-refractivity contribution < 1.29 is 9.26 Å². The summed E-state index contributed by atoms with van der Waals surface area (Å²) in [5, 5.41) is 11.2. The minimum Gasteiger partial charge on any atom is -0.383 e. The Kier molecular flexibility index (Phi) is 4.24. The van der Waals surface area contributed by atoms with Crippen LogP contribution in [0.3, 0.4) is 0 Å². The molecule has 0 radical (unpaired) electrons. The third-order valence-corrected chi connectivity index (χ3v) is 3.19. The molecule has 0 spiro atoms. The van der Waals surface area contributed by atoms with Crippen LogP contribution in [0.4, 0.5) is 0 Å². The molecule has 0 saturated carbocycles. The smallest absolute Gasteiger partial charge is 0.240 e. The number of thiophene rings is 1. The minimum absolute atomic E-state index is 0.569. The first-order valence-electron chi connectivity index (χ1n) is 5.36. The quantitative estimate of drug-likeness (QED) is 0.796. The molecule has 0 aliphatic carbocycles. The van der Waals surface area contributed by atoms with Gasteiger partial charge in [0.2, 0.25) is 11.7 Å². The van der Waals surface area contributed by atoms with Crippen LogP contribution in [-0.4, -0.2) is 30.4 Å². The van der Waals surface area contributed by atoms with Crippen LogP contribution in [0.2, 0.25) is 0 Å². The van der Waals surface area contributed by atoms with E-state index in [0.29, 0.717) is 24.9 Å². The Balaban J connectivity index is 1.95. The van der Waals surface area contributed by atoms with E-state index < -0.39 is 0 Å². The molecule has 0 aliphatic heterocycles. The molecule has 2 aromatic heterocycles. The molecule has 2 rings (SSSR count). The number of aromatic nitrogens is 2. The van der Waals surface area contributed by atoms with Crippen LogP contribution < -0.4 is 5.32 Å². The number of nitrogens with zero attached hydrogens (tertiary/aromatic N) is 2. The van der Waals surface area contributed by atoms with Gasteiger partial charge in [-0.1, -0.05) is 5.16 Å². The van der Waals surface area contributed by atoms with E-state index in [-0.39, 0.29) is 0 Å². The van der Waals surface area contributed by atoms with E-state index >= 15 is 0 Å². The highest BCUT2D eigenvalue weighted by Crippen LogP contribution is 2.23. The van der Waals surface area contributed by atoms with Crippen molar-refractivity contribution in [1.29, 1.82) is 0 Å². The van der Waals surface area contributed by atoms with Gasteiger partial charge in [0, 0.05) is 24.6 Å². The van der Waals surface area contributed by atoms with Gasteiger partial charge in [-0.3, -0.25) is 0 Å². The van der Waals surface area contributed by atoms with Gasteiger partial charge in [-0.25, -0.2) is 0 Å². The molecular formula is C11H15N3O2S. The molecule has 0 aliphatic rings. The summed E-state index contributed by atoms with van der Waals surface area (Å²) in [5.41, 5.74) is 2.22. The molecule has 17 heavy (non-hydrogen) atoms. The molecule has 0 amide bonds. The van der Waals surface area contributed by atoms with Gasteiger partial charge < -0.3 is 14.6 Å². The van der Waals surface area contributed by atoms with Crippen molar-refractivity contribution in [3.05, 3.63) is 22.2 Å². The minimum atomic E-state index is 0.569. The molecule has 0 atom stereocenters. The topological polar surface area (TPSA) is 60.2 Å². The molecule has 2 aromatic rings. The highest BCUT2D eigenvalue weighted by atomic mass is 32.1. The maximum Gasteiger partial charge on any atom is 0.240 e. The Morgan fingerprint density at radius 3 is 3.06 bits per heavy atom. The summed E-state index contributed by atoms with van der Waals surface area (Å²) < 4.78 is 10.1. The molecular weight excluding hydrogens is 238 g/mol. The number of hydrogen-bond donors (Lipinski definition) is 1. The molecule has 0 aromatic carbocycles. The summed E-state index contributed by atoms with van der Waals surface area (Å²) in [4.78, 5) is 4.34. The van der Waals surface area contributed by atoms with E-state index in [2.05, 4.69) is 20.8 Å². The zero-order valence-electron chi connectivity index (χ0n) is 9.90. The van der Waals surface area contributed by atoms with Crippen LogP contribution in [0.25, 0.3) is 11.4 Å². The maximum atomic E-state index is 5.16. The number of nitrogens with one attached hydrogen (secondary N) is 1. The van der Waals surface area contributed by atoms with Crippen molar-refractivity contribution in [2.24, 2.45) is 0 Å². The SMILES string of the molecule is COCCNCc1nc(-c2cscc2C)no1. The Labute approximate surface area is 104 Å². The maximum absolute atomic E-state index is 5.16. The van der Waals surface area contributed by atoms with Crippen LogP contribution in [0, 0.1) is 6.92 Å². The number of rotatable bonds is 6. The summed E-state index contributed by atoms with van der Waals surface area (Å²) in [6.45, 7) is 4.05. The molecule has 0 fully saturated rings. The summed E-state index contributed by atoms with van der Waals surface area (Å²) >= 11 is 1.64. The molecule has 0 saturated heterocycles. The number of hydrogen-bond acceptors (Lipinski definition) is 6. The first-order valence-corrected chi connectivity index (χ1v) is 6.31. The lowest BCUT2D eigenvalue weighted by Crippen LogP contribution is -2.18. The first kappa shape index (κ1) is 12.2. The molecule has 1 N–H and O–H groups in total. The molecule has 5 nitrogen and oxygen atoms in total. The fourth-order valence-electron chi connectivity index (χ4n) is 1.40. The number of aryl methyl sites for hydroxylation is 1. The van der Waals surface area contributed by atoms with Gasteiger partial charge in [0.1, 0.15) is 0 Å². The second-order valence-electron chi connectivity index (χ2n) is 3.65. The second-order valence-corrected chi connectivity index (χ2v) is 4.39. The van der Waals surface area contributed by atoms with Crippen molar-refractivity contribution in [2.45, 2.75) is 13.5 Å². The second kappa shape index (κ2) is 5.90. The fourth-order valence-corrected chi connectivity index (χ4v) is 2.22. The van der Waals surface area contributed by atoms with E-state index in [1.807, 2.05) is 12.3 Å². The van der Waals surface area contributed by atoms with Crippen LogP contribution >= 0.6 is 11.3 Å². The Morgan fingerprint density at radius 2 is 2.35 bits per heavy atom. The third-order valence-electron chi connectivity index (χ3n) is 2.32. The first-order chi connectivity index (χ1) is 8.31. The highest BCUT2D eigenvalue weighted by molar-refractivity contribution is 7.08. The number of ether oxygens (including phenoxy) is 1. The largest absolute Gasteiger partial charge is 0.383 e. The third kappa shape index (κ3) is 3.12. The van der Waals surface area contributed by atoms with Gasteiger partial charge in [-0.15, -0.1) is 0 Å². The van der Waals surface area contributed by atoms with Crippen LogP contribution in [0.15, 0.2) is 15.3 Å². The van der Waals surface area contributed by atoms with Crippen LogP contribution in [0.5, 0.6) is 0 Å². The van der Waals surface area contributed by atoms with E-state index in [0.717, 1.165) is 12.1 Å². The standard InChI is InChI=1S/C11H15N3O2S/c1-8-6-17-7-9(8)11-13-10(16-14-11)5-12-3-4-15-2/h6-7,12H,3-5H2,1-2H3. The van der Waals surface area contributed by atoms with Crippen molar-refractivity contribution >= 4 is 11.3 Å². The van der Waals surface area contributed by atoms with Crippen molar-refractivity contribution in [3.8, 4) is 11.4 Å². The van der Waals surface area contributed by atoms with Gasteiger partial charge in [0.05, 0.1) is 13.2 Å². The summed E-state index contributed by atoms with van der Waals surface area (Å²) in [6.07, 6.45) is 0. The number of methoxy groups -OCH3 is 1. The molecule has 6 heteroatoms. The normalized spacial score (nSPS) is 10.9. The van der Waals surface area contributed by atoms with Gasteiger partial charge >= 0.3 is 0 Å². The molecule has 0 bridgehead atoms. The van der Waals surface area contributed by atoms with Gasteiger partial charge in [0.15, 0.2) is 0 Å². The highest BCUT2D eigenvalue weighted by Gasteiger charge is 2.10. The fraction of sp³-hybridized carbons (Fsp3) is 0.455. The van der Waals surface area contributed by atoms with E-state index in [1.54, 1.807) is 18.4 Å². The molecule has 2 heterocycles. The van der Waals surface area contributed by atoms with E-state index in [4.69, 9.17) is 9.26 Å². The predicted octanol–water partition coefficient (Wildman–Crippen LogP) is 1.84. The lowest BCUT2D eigenvalue weighted by molar-refractivity contribution is 0.197. The van der Waals surface area contributed by atoms with Gasteiger partial charge in [0.25, 0.3) is 0 Å². The van der Waals surface area contributed by atoms with Crippen LogP contribution in [-0.2, 0) is 11.3 Å². The van der Waals surface area contributed by atoms with Gasteiger partial charge in [-0.2, -0.15) is 16.3 Å². The van der Waals surface area contributed by atoms with E-state index in [1.165, 1.54) is 5.56 Å². The molecule has 0 unspecified atom stereocenters. The van der Waals surface area contributed by atoms with Crippen molar-refractivity contribution in [3.63, 3.8) is 0 Å². The monoisotopic (exact) mass is 253 g/mol. The zero-order chi connectivity index (χ0) is 12.1. The Morgan fingerprint density at radius 1 is 1.47 bits per heavy atom. The average molecular weight is 253 g/mol. The molecule has 92 valence electrons. The summed E-state index contributed by atoms with van der Waals surface area (Å²) in [6, 6.07) is 0. The Hall–Kier alpha value is -1.24. The van der Waals surface area contributed by atoms with E-state index in [9.17, 15) is 0 Å². The van der Waals surface area contributed by atoms with Crippen molar-refractivity contribution in [1.82, 2.24) is 15.5 Å². The zero-order valence-corrected chi connectivity index (χ0v) is 10.7. The van der Waals surface area contributed by atoms with Crippen LogP contribution in [0.1, 0.15) is 11.5 Å². The average Bonchev–Trinajstić information content (AvgIpc) is 2.93. The van der Waals surface area contributed by atoms with Crippen molar-refractivity contribution in [2.75, 3.05) is 20.3 Å². The predicted molar refractivity (Wildman–Crippen MR) is 65.9 cm³/mol. The lowest BCUT2D eigenvalue weighted by Gasteiger charge is -1.98. The summed E-state index contributed by atoms with van der Waals surface area (Å²) in [5.74, 6) is 1.26. The summed E-state index contributed by atoms with van der Waals surface area (Å²) in [7, 11) is 1.67. The van der Waals surface area contributed by atoms with Gasteiger partial charge in [-0.05, 0) is 17.9 Å². The Bertz CT molecular complexity index is 467.